The van der Waals surface area contributed by atoms with Crippen molar-refractivity contribution >= 4 is 28.7 Å². The number of nitrogens with one attached hydrogen (secondary N) is 1. The number of hydrogen-bond donors (Lipinski definition) is 4. The molecule has 2 aromatic carbocycles. The average molecular weight is 611 g/mol. The number of aliphatic hydroxyl groups is 1. The standard InChI is InChI=1S/C32H38N2O10/c1-16-21(41-30-24(36)26(43-31(33)39)27(40-4)32(2,3)44-30)15-14-20-23(35)22(29(38)42-25(16)20)34-28(37)19-12-10-18(11-13-19)17-8-6-5-7-9-17/h10-15,17,24,26-27,30,35-36H,5-9H2,1-4H3,(H2,33,39)(H,34,37)/t24-,26+,27-,30-/m1/s1. The highest BCUT2D eigenvalue weighted by atomic mass is 16.7. The number of nitrogens with two attached hydrogens (primary N) is 1. The Kier molecular flexibility index (Phi) is 8.87. The van der Waals surface area contributed by atoms with Crippen molar-refractivity contribution in [2.45, 2.75) is 89.0 Å². The van der Waals surface area contributed by atoms with E-state index in [1.165, 1.54) is 44.1 Å². The molecule has 0 unspecified atom stereocenters. The van der Waals surface area contributed by atoms with Crippen LogP contribution in [0.2, 0.25) is 0 Å². The summed E-state index contributed by atoms with van der Waals surface area (Å²) in [4.78, 5) is 37.5. The molecule has 12 nitrogen and oxygen atoms in total. The van der Waals surface area contributed by atoms with Crippen molar-refractivity contribution in [1.29, 1.82) is 0 Å². The maximum absolute atomic E-state index is 13.0. The van der Waals surface area contributed by atoms with Crippen LogP contribution in [0.3, 0.4) is 0 Å². The molecular weight excluding hydrogens is 572 g/mol. The second-order valence-electron chi connectivity index (χ2n) is 11.8. The second-order valence-corrected chi connectivity index (χ2v) is 11.8. The summed E-state index contributed by atoms with van der Waals surface area (Å²) >= 11 is 0. The number of aromatic hydroxyl groups is 1. The molecule has 236 valence electrons. The van der Waals surface area contributed by atoms with Crippen molar-refractivity contribution in [1.82, 2.24) is 0 Å². The van der Waals surface area contributed by atoms with Crippen molar-refractivity contribution < 1.29 is 43.2 Å². The average Bonchev–Trinajstić information content (AvgIpc) is 2.99. The number of methoxy groups -OCH3 is 1. The summed E-state index contributed by atoms with van der Waals surface area (Å²) < 4.78 is 28.0. The molecule has 12 heteroatoms. The van der Waals surface area contributed by atoms with Crippen molar-refractivity contribution in [3.05, 3.63) is 63.5 Å². The first-order valence-electron chi connectivity index (χ1n) is 14.6. The lowest BCUT2D eigenvalue weighted by molar-refractivity contribution is -0.304. The van der Waals surface area contributed by atoms with Crippen LogP contribution in [0, 0.1) is 6.92 Å². The zero-order valence-electron chi connectivity index (χ0n) is 25.1. The minimum atomic E-state index is -1.50. The van der Waals surface area contributed by atoms with Crippen molar-refractivity contribution in [2.75, 3.05) is 12.4 Å². The van der Waals surface area contributed by atoms with Crippen LogP contribution in [0.15, 0.2) is 45.6 Å². The maximum Gasteiger partial charge on any atom is 0.404 e. The van der Waals surface area contributed by atoms with Gasteiger partial charge in [0.15, 0.2) is 23.6 Å². The molecule has 4 atom stereocenters. The highest BCUT2D eigenvalue weighted by Gasteiger charge is 2.53. The highest BCUT2D eigenvalue weighted by Crippen LogP contribution is 2.39. The molecule has 1 aliphatic heterocycles. The Balaban J connectivity index is 1.37. The van der Waals surface area contributed by atoms with Gasteiger partial charge in [-0.05, 0) is 69.4 Å². The van der Waals surface area contributed by atoms with Crippen LogP contribution in [0.1, 0.15) is 73.4 Å². The van der Waals surface area contributed by atoms with Gasteiger partial charge in [-0.3, -0.25) is 4.79 Å². The maximum atomic E-state index is 13.0. The third-order valence-corrected chi connectivity index (χ3v) is 8.50. The molecule has 0 spiro atoms. The van der Waals surface area contributed by atoms with Gasteiger partial charge in [-0.1, -0.05) is 31.4 Å². The summed E-state index contributed by atoms with van der Waals surface area (Å²) in [5.41, 5.74) is 4.62. The molecule has 2 fully saturated rings. The van der Waals surface area contributed by atoms with Gasteiger partial charge < -0.3 is 44.6 Å². The smallest absolute Gasteiger partial charge is 0.404 e. The summed E-state index contributed by atoms with van der Waals surface area (Å²) in [6, 6.07) is 10.2. The number of amides is 2. The van der Waals surface area contributed by atoms with E-state index in [-0.39, 0.29) is 16.7 Å². The zero-order valence-corrected chi connectivity index (χ0v) is 25.1. The molecule has 1 saturated heterocycles. The van der Waals surface area contributed by atoms with Crippen LogP contribution in [0.5, 0.6) is 11.5 Å². The Morgan fingerprint density at radius 1 is 1.07 bits per heavy atom. The van der Waals surface area contributed by atoms with Crippen LogP contribution in [-0.2, 0) is 14.2 Å². The van der Waals surface area contributed by atoms with Gasteiger partial charge in [0.2, 0.25) is 6.29 Å². The number of benzene rings is 2. The predicted molar refractivity (Wildman–Crippen MR) is 160 cm³/mol. The molecule has 3 aromatic rings. The first kappa shape index (κ1) is 31.3. The highest BCUT2D eigenvalue weighted by molar-refractivity contribution is 6.06. The van der Waals surface area contributed by atoms with E-state index >= 15 is 0 Å². The van der Waals surface area contributed by atoms with Crippen molar-refractivity contribution in [2.24, 2.45) is 5.73 Å². The SMILES string of the molecule is CO[C@@H]1[C@@H](OC(N)=O)[C@@H](O)[C@H](Oc2ccc3c(O)c(NC(=O)c4ccc(C5CCCCC5)cc4)c(=O)oc3c2C)OC1(C)C. The summed E-state index contributed by atoms with van der Waals surface area (Å²) in [7, 11) is 1.38. The Hall–Kier alpha value is -4.13. The van der Waals surface area contributed by atoms with E-state index in [4.69, 9.17) is 29.1 Å². The third-order valence-electron chi connectivity index (χ3n) is 8.50. The van der Waals surface area contributed by atoms with E-state index < -0.39 is 59.3 Å². The molecule has 1 aromatic heterocycles. The number of rotatable bonds is 7. The molecule has 1 aliphatic carbocycles. The molecular formula is C32H38N2O10. The number of aliphatic hydroxyl groups excluding tert-OH is 1. The van der Waals surface area contributed by atoms with E-state index in [0.29, 0.717) is 17.0 Å². The minimum absolute atomic E-state index is 0.00379. The number of anilines is 1. The normalized spacial score (nSPS) is 23.7. The number of primary amides is 1. The van der Waals surface area contributed by atoms with E-state index in [1.807, 2.05) is 12.1 Å². The van der Waals surface area contributed by atoms with Crippen LogP contribution >= 0.6 is 0 Å². The minimum Gasteiger partial charge on any atom is -0.505 e. The van der Waals surface area contributed by atoms with Crippen molar-refractivity contribution in [3.8, 4) is 11.5 Å². The predicted octanol–water partition coefficient (Wildman–Crippen LogP) is 4.46. The molecule has 1 saturated carbocycles. The third kappa shape index (κ3) is 6.10. The Morgan fingerprint density at radius 2 is 1.75 bits per heavy atom. The lowest BCUT2D eigenvalue weighted by Gasteiger charge is -2.47. The molecule has 2 heterocycles. The van der Waals surface area contributed by atoms with Crippen LogP contribution in [-0.4, -0.2) is 59.5 Å². The van der Waals surface area contributed by atoms with Gasteiger partial charge in [0.05, 0.1) is 11.0 Å². The molecule has 2 aliphatic rings. The number of ether oxygens (including phenoxy) is 4. The molecule has 0 bridgehead atoms. The summed E-state index contributed by atoms with van der Waals surface area (Å²) in [5.74, 6) is -0.387. The molecule has 5 N–H and O–H groups in total. The van der Waals surface area contributed by atoms with E-state index in [0.717, 1.165) is 12.8 Å². The first-order chi connectivity index (χ1) is 20.9. The van der Waals surface area contributed by atoms with Gasteiger partial charge in [0.1, 0.15) is 17.4 Å². The number of fused-ring (bicyclic) bond motifs is 1. The van der Waals surface area contributed by atoms with Gasteiger partial charge >= 0.3 is 11.7 Å². The fraction of sp³-hybridized carbons (Fsp3) is 0.469. The van der Waals surface area contributed by atoms with E-state index in [1.54, 1.807) is 32.9 Å². The number of hydrogen-bond acceptors (Lipinski definition) is 10. The van der Waals surface area contributed by atoms with E-state index in [9.17, 15) is 24.6 Å². The molecule has 5 rings (SSSR count). The first-order valence-corrected chi connectivity index (χ1v) is 14.6. The Labute approximate surface area is 254 Å². The second kappa shape index (κ2) is 12.5. The fourth-order valence-corrected chi connectivity index (χ4v) is 6.20. The summed E-state index contributed by atoms with van der Waals surface area (Å²) in [6.07, 6.45) is -0.0773. The van der Waals surface area contributed by atoms with Gasteiger partial charge in [0, 0.05) is 18.2 Å². The quantitative estimate of drug-likeness (QED) is 0.279. The largest absolute Gasteiger partial charge is 0.505 e. The number of carbonyl (C=O) groups excluding carboxylic acids is 2. The fourth-order valence-electron chi connectivity index (χ4n) is 6.20. The Bertz CT molecular complexity index is 1590. The lowest BCUT2D eigenvalue weighted by atomic mass is 9.84. The van der Waals surface area contributed by atoms with Gasteiger partial charge in [-0.25, -0.2) is 9.59 Å². The molecule has 2 amide bonds. The molecule has 0 radical (unpaired) electrons. The summed E-state index contributed by atoms with van der Waals surface area (Å²) in [6.45, 7) is 4.93. The van der Waals surface area contributed by atoms with Crippen LogP contribution < -0.4 is 21.4 Å². The zero-order chi connectivity index (χ0) is 31.8. The van der Waals surface area contributed by atoms with Crippen LogP contribution in [0.4, 0.5) is 10.5 Å². The molecule has 44 heavy (non-hydrogen) atoms. The lowest BCUT2D eigenvalue weighted by Crippen LogP contribution is -2.65. The number of aryl methyl sites for hydroxylation is 1. The van der Waals surface area contributed by atoms with Crippen LogP contribution in [0.25, 0.3) is 11.0 Å². The van der Waals surface area contributed by atoms with E-state index in [2.05, 4.69) is 5.32 Å². The number of carbonyl (C=O) groups is 2. The Morgan fingerprint density at radius 3 is 2.39 bits per heavy atom. The van der Waals surface area contributed by atoms with Gasteiger partial charge in [0.25, 0.3) is 5.91 Å². The van der Waals surface area contributed by atoms with Gasteiger partial charge in [-0.2, -0.15) is 0 Å². The monoisotopic (exact) mass is 610 g/mol. The van der Waals surface area contributed by atoms with Gasteiger partial charge in [-0.15, -0.1) is 0 Å². The summed E-state index contributed by atoms with van der Waals surface area (Å²) in [5, 5.41) is 24.6. The van der Waals surface area contributed by atoms with Crippen molar-refractivity contribution in [3.63, 3.8) is 0 Å². The topological polar surface area (TPSA) is 180 Å².